The molecule has 0 atom stereocenters. The Balaban J connectivity index is 2.12. The predicted octanol–water partition coefficient (Wildman–Crippen LogP) is 2.50. The minimum atomic E-state index is -3.67. The molecule has 0 saturated heterocycles. The van der Waals surface area contributed by atoms with Gasteiger partial charge >= 0.3 is 0 Å². The molecule has 1 N–H and O–H groups in total. The van der Waals surface area contributed by atoms with Crippen molar-refractivity contribution in [3.8, 4) is 0 Å². The van der Waals surface area contributed by atoms with E-state index in [1.165, 1.54) is 6.07 Å². The van der Waals surface area contributed by atoms with E-state index in [0.29, 0.717) is 12.8 Å². The Bertz CT molecular complexity index is 663. The fraction of sp³-hybridized carbons (Fsp3) is 0.500. The lowest BCUT2D eigenvalue weighted by Crippen LogP contribution is -2.41. The SMILES string of the molecule is O=C1Nc2ccc(F)cc2S(=O)(=O)CC12CCCCC2. The summed E-state index contributed by atoms with van der Waals surface area (Å²) in [6, 6.07) is 3.47. The third-order valence-corrected chi connectivity index (χ3v) is 6.23. The Kier molecular flexibility index (Phi) is 3.08. The largest absolute Gasteiger partial charge is 0.324 e. The molecule has 3 rings (SSSR count). The van der Waals surface area contributed by atoms with Gasteiger partial charge in [0.25, 0.3) is 0 Å². The van der Waals surface area contributed by atoms with Crippen molar-refractivity contribution in [2.45, 2.75) is 37.0 Å². The molecule has 1 amide bonds. The van der Waals surface area contributed by atoms with Gasteiger partial charge in [-0.1, -0.05) is 19.3 Å². The average Bonchev–Trinajstić information content (AvgIpc) is 2.47. The molecule has 1 spiro atoms. The van der Waals surface area contributed by atoms with Gasteiger partial charge in [0.15, 0.2) is 9.84 Å². The van der Waals surface area contributed by atoms with Gasteiger partial charge in [0, 0.05) is 0 Å². The topological polar surface area (TPSA) is 63.2 Å². The quantitative estimate of drug-likeness (QED) is 0.800. The number of rotatable bonds is 0. The third kappa shape index (κ3) is 2.12. The standard InChI is InChI=1S/C14H16FNO3S/c15-10-4-5-11-12(8-10)20(18,19)9-14(13(17)16-11)6-2-1-3-7-14/h4-5,8H,1-3,6-7,9H2,(H,16,17). The van der Waals surface area contributed by atoms with Crippen LogP contribution in [-0.4, -0.2) is 20.1 Å². The van der Waals surface area contributed by atoms with E-state index in [9.17, 15) is 17.6 Å². The molecule has 1 aliphatic carbocycles. The highest BCUT2D eigenvalue weighted by Crippen LogP contribution is 2.43. The van der Waals surface area contributed by atoms with Crippen molar-refractivity contribution < 1.29 is 17.6 Å². The van der Waals surface area contributed by atoms with Gasteiger partial charge in [-0.15, -0.1) is 0 Å². The molecule has 1 saturated carbocycles. The molecule has 20 heavy (non-hydrogen) atoms. The van der Waals surface area contributed by atoms with Crippen LogP contribution in [0.2, 0.25) is 0 Å². The van der Waals surface area contributed by atoms with E-state index in [1.807, 2.05) is 0 Å². The molecule has 0 radical (unpaired) electrons. The van der Waals surface area contributed by atoms with Crippen molar-refractivity contribution in [3.05, 3.63) is 24.0 Å². The maximum atomic E-state index is 13.3. The number of benzene rings is 1. The molecule has 6 heteroatoms. The number of halogens is 1. The van der Waals surface area contributed by atoms with Crippen molar-refractivity contribution in [1.29, 1.82) is 0 Å². The van der Waals surface area contributed by atoms with E-state index in [0.717, 1.165) is 31.4 Å². The molecule has 108 valence electrons. The summed E-state index contributed by atoms with van der Waals surface area (Å²) in [6.07, 6.45) is 3.89. The van der Waals surface area contributed by atoms with Crippen LogP contribution in [0.4, 0.5) is 10.1 Å². The van der Waals surface area contributed by atoms with E-state index in [2.05, 4.69) is 5.32 Å². The van der Waals surface area contributed by atoms with Crippen LogP contribution in [-0.2, 0) is 14.6 Å². The lowest BCUT2D eigenvalue weighted by Gasteiger charge is -2.33. The number of sulfone groups is 1. The van der Waals surface area contributed by atoms with Crippen molar-refractivity contribution in [2.75, 3.05) is 11.1 Å². The summed E-state index contributed by atoms with van der Waals surface area (Å²) in [5, 5.41) is 2.68. The van der Waals surface area contributed by atoms with Crippen LogP contribution in [0.3, 0.4) is 0 Å². The average molecular weight is 297 g/mol. The second-order valence-corrected chi connectivity index (χ2v) is 7.65. The second-order valence-electron chi connectivity index (χ2n) is 5.69. The fourth-order valence-electron chi connectivity index (χ4n) is 3.22. The third-order valence-electron chi connectivity index (χ3n) is 4.29. The highest BCUT2D eigenvalue weighted by molar-refractivity contribution is 7.91. The first kappa shape index (κ1) is 13.5. The Morgan fingerprint density at radius 3 is 2.55 bits per heavy atom. The van der Waals surface area contributed by atoms with E-state index in [4.69, 9.17) is 0 Å². The zero-order valence-corrected chi connectivity index (χ0v) is 11.8. The fourth-order valence-corrected chi connectivity index (χ4v) is 5.27. The van der Waals surface area contributed by atoms with Crippen molar-refractivity contribution in [3.63, 3.8) is 0 Å². The highest BCUT2D eigenvalue weighted by Gasteiger charge is 2.46. The number of anilines is 1. The molecule has 1 fully saturated rings. The van der Waals surface area contributed by atoms with Crippen LogP contribution < -0.4 is 5.32 Å². The number of hydrogen-bond acceptors (Lipinski definition) is 3. The van der Waals surface area contributed by atoms with Crippen molar-refractivity contribution >= 4 is 21.4 Å². The number of nitrogens with one attached hydrogen (secondary N) is 1. The van der Waals surface area contributed by atoms with Gasteiger partial charge < -0.3 is 5.32 Å². The number of carbonyl (C=O) groups excluding carboxylic acids is 1. The minimum Gasteiger partial charge on any atom is -0.324 e. The van der Waals surface area contributed by atoms with Gasteiger partial charge in [0.1, 0.15) is 5.82 Å². The zero-order chi connectivity index (χ0) is 14.4. The molecule has 2 aliphatic rings. The van der Waals surface area contributed by atoms with Gasteiger partial charge in [-0.2, -0.15) is 0 Å². The molecular formula is C14H16FNO3S. The van der Waals surface area contributed by atoms with Gasteiger partial charge in [-0.05, 0) is 31.0 Å². The Morgan fingerprint density at radius 1 is 1.15 bits per heavy atom. The smallest absolute Gasteiger partial charge is 0.231 e. The number of fused-ring (bicyclic) bond motifs is 1. The first-order valence-electron chi connectivity index (χ1n) is 6.77. The van der Waals surface area contributed by atoms with Gasteiger partial charge in [-0.3, -0.25) is 4.79 Å². The minimum absolute atomic E-state index is 0.103. The zero-order valence-electron chi connectivity index (χ0n) is 11.0. The summed E-state index contributed by atoms with van der Waals surface area (Å²) in [5.41, 5.74) is -0.661. The molecule has 0 aromatic heterocycles. The van der Waals surface area contributed by atoms with E-state index in [1.54, 1.807) is 0 Å². The van der Waals surface area contributed by atoms with Crippen molar-refractivity contribution in [2.24, 2.45) is 5.41 Å². The molecule has 1 aromatic rings. The maximum Gasteiger partial charge on any atom is 0.231 e. The molecule has 4 nitrogen and oxygen atoms in total. The monoisotopic (exact) mass is 297 g/mol. The van der Waals surface area contributed by atoms with Crippen LogP contribution in [0.1, 0.15) is 32.1 Å². The summed E-state index contributed by atoms with van der Waals surface area (Å²) >= 11 is 0. The Labute approximate surface area is 117 Å². The molecule has 0 unspecified atom stereocenters. The Hall–Kier alpha value is -1.43. The maximum absolute atomic E-state index is 13.3. The number of hydrogen-bond donors (Lipinski definition) is 1. The highest BCUT2D eigenvalue weighted by atomic mass is 32.2. The molecule has 1 aromatic carbocycles. The van der Waals surface area contributed by atoms with E-state index < -0.39 is 21.1 Å². The van der Waals surface area contributed by atoms with Crippen LogP contribution in [0.5, 0.6) is 0 Å². The second kappa shape index (κ2) is 4.55. The van der Waals surface area contributed by atoms with Crippen LogP contribution in [0, 0.1) is 11.2 Å². The number of carbonyl (C=O) groups is 1. The van der Waals surface area contributed by atoms with Gasteiger partial charge in [0.05, 0.1) is 21.8 Å². The molecule has 0 bridgehead atoms. The van der Waals surface area contributed by atoms with Gasteiger partial charge in [-0.25, -0.2) is 12.8 Å². The number of amides is 1. The predicted molar refractivity (Wildman–Crippen MR) is 72.6 cm³/mol. The van der Waals surface area contributed by atoms with E-state index in [-0.39, 0.29) is 22.2 Å². The summed E-state index contributed by atoms with van der Waals surface area (Å²) in [5.74, 6) is -1.07. The van der Waals surface area contributed by atoms with Gasteiger partial charge in [0.2, 0.25) is 5.91 Å². The lowest BCUT2D eigenvalue weighted by molar-refractivity contribution is -0.126. The first-order valence-corrected chi connectivity index (χ1v) is 8.42. The first-order chi connectivity index (χ1) is 9.43. The summed E-state index contributed by atoms with van der Waals surface area (Å²) < 4.78 is 38.3. The molecule has 1 aliphatic heterocycles. The van der Waals surface area contributed by atoms with Crippen molar-refractivity contribution in [1.82, 2.24) is 0 Å². The summed E-state index contributed by atoms with van der Waals surface area (Å²) in [6.45, 7) is 0. The van der Waals surface area contributed by atoms with E-state index >= 15 is 0 Å². The summed E-state index contributed by atoms with van der Waals surface area (Å²) in [4.78, 5) is 12.4. The van der Waals surface area contributed by atoms with Crippen LogP contribution in [0.15, 0.2) is 23.1 Å². The molecular weight excluding hydrogens is 281 g/mol. The van der Waals surface area contributed by atoms with Crippen LogP contribution >= 0.6 is 0 Å². The van der Waals surface area contributed by atoms with Crippen LogP contribution in [0.25, 0.3) is 0 Å². The summed E-state index contributed by atoms with van der Waals surface area (Å²) in [7, 11) is -3.67. The lowest BCUT2D eigenvalue weighted by atomic mass is 9.75. The normalized spacial score (nSPS) is 23.8. The molecule has 1 heterocycles. The Morgan fingerprint density at radius 2 is 1.85 bits per heavy atom.